The second-order valence-electron chi connectivity index (χ2n) is 24.6. The highest BCUT2D eigenvalue weighted by molar-refractivity contribution is 5.89. The normalized spacial score (nSPS) is 30.2. The molecular weight excluding hydrogens is 1000 g/mol. The van der Waals surface area contributed by atoms with Gasteiger partial charge in [-0.15, -0.1) is 0 Å². The summed E-state index contributed by atoms with van der Waals surface area (Å²) in [4.78, 5) is 43.8. The Bertz CT molecular complexity index is 2800. The number of carbonyl (C=O) groups is 3. The molecule has 0 spiro atoms. The number of esters is 2. The van der Waals surface area contributed by atoms with Crippen LogP contribution in [0.25, 0.3) is 0 Å². The van der Waals surface area contributed by atoms with E-state index >= 15 is 4.79 Å². The van der Waals surface area contributed by atoms with Crippen molar-refractivity contribution < 1.29 is 59.2 Å². The van der Waals surface area contributed by atoms with E-state index in [0.717, 1.165) is 81.8 Å². The van der Waals surface area contributed by atoms with E-state index < -0.39 is 65.3 Å². The molecule has 3 aliphatic heterocycles. The molecule has 10 bridgehead atoms. The summed E-state index contributed by atoms with van der Waals surface area (Å²) in [6, 6.07) is 15.2. The molecule has 3 aromatic rings. The molecular formula is C65H84N2O12. The molecule has 8 N–H and O–H groups in total. The Hall–Kier alpha value is -5.11. The van der Waals surface area contributed by atoms with Crippen LogP contribution in [-0.2, 0) is 43.1 Å². The average molecular weight is 1090 g/mol. The fourth-order valence-electron chi connectivity index (χ4n) is 14.8. The van der Waals surface area contributed by atoms with Gasteiger partial charge in [0, 0.05) is 66.6 Å². The number of likely N-dealkylation sites (N-methyl/N-ethyl adjacent to an activating group) is 1. The van der Waals surface area contributed by atoms with Crippen LogP contribution in [0.15, 0.2) is 60.2 Å². The largest absolute Gasteiger partial charge is 0.507 e. The quantitative estimate of drug-likeness (QED) is 0.0457. The number of benzene rings is 3. The van der Waals surface area contributed by atoms with Gasteiger partial charge in [-0.05, 0) is 148 Å². The monoisotopic (exact) mass is 1080 g/mol. The van der Waals surface area contributed by atoms with Crippen LogP contribution in [0.3, 0.4) is 0 Å². The Labute approximate surface area is 466 Å². The molecule has 12 atom stereocenters. The van der Waals surface area contributed by atoms with E-state index in [4.69, 9.17) is 14.2 Å². The molecule has 3 aromatic carbocycles. The predicted molar refractivity (Wildman–Crippen MR) is 300 cm³/mol. The van der Waals surface area contributed by atoms with Crippen molar-refractivity contribution in [3.8, 4) is 23.3 Å². The second kappa shape index (κ2) is 24.5. The van der Waals surface area contributed by atoms with Crippen LogP contribution in [0.4, 0.5) is 5.69 Å². The number of phenolic OH excluding ortho intramolecular Hbond substituents is 1. The molecule has 0 saturated heterocycles. The summed E-state index contributed by atoms with van der Waals surface area (Å²) in [5.41, 5.74) is 1.81. The lowest BCUT2D eigenvalue weighted by Gasteiger charge is -2.56. The predicted octanol–water partition coefficient (Wildman–Crippen LogP) is 8.45. The molecule has 0 radical (unpaired) electrons. The van der Waals surface area contributed by atoms with Gasteiger partial charge in [-0.1, -0.05) is 94.0 Å². The van der Waals surface area contributed by atoms with Crippen molar-refractivity contribution >= 4 is 23.4 Å². The lowest BCUT2D eigenvalue weighted by molar-refractivity contribution is -0.212. The van der Waals surface area contributed by atoms with Gasteiger partial charge in [0.25, 0.3) is 0 Å². The minimum Gasteiger partial charge on any atom is -0.507 e. The van der Waals surface area contributed by atoms with Crippen molar-refractivity contribution in [1.82, 2.24) is 5.32 Å². The van der Waals surface area contributed by atoms with Gasteiger partial charge in [0.05, 0.1) is 37.3 Å². The summed E-state index contributed by atoms with van der Waals surface area (Å²) in [5, 5.41) is 80.0. The Balaban J connectivity index is 1.13. The van der Waals surface area contributed by atoms with E-state index in [2.05, 4.69) is 22.5 Å². The van der Waals surface area contributed by atoms with E-state index in [1.165, 1.54) is 6.08 Å². The lowest BCUT2D eigenvalue weighted by Crippen LogP contribution is -2.63. The molecule has 79 heavy (non-hydrogen) atoms. The van der Waals surface area contributed by atoms with Crippen LogP contribution in [0.2, 0.25) is 0 Å². The van der Waals surface area contributed by atoms with Crippen LogP contribution < -0.4 is 15.4 Å². The molecule has 426 valence electrons. The van der Waals surface area contributed by atoms with Crippen LogP contribution in [0, 0.1) is 35.5 Å². The standard InChI is InChI=1S/C65H84N2O12/c1-4-47-20-21-51-53-26-39-13-11-12-38(24-39)25-49(68)31-46-27-41(43-28-44(56(70)35-66-3)30-48(29-43)67-37-64(2,75)57(71)36-77-50-16-9-6-10-17-50)18-19-42-34-59(72)79-62-52(42)32-45(61(73)60(62)40-14-7-5-8-15-40)33-58(78-63(46)74)65(47,76)54(51)22-23-55(53)69/h11-13,24,28-32,40-42,47,49-51,53-54,56-58,66-68,70-71,73,75-76H,4-10,14-17,20-23,25-27,33-37H2,1-3H3. The number of aromatic hydroxyl groups is 1. The van der Waals surface area contributed by atoms with Crippen molar-refractivity contribution in [3.05, 3.63) is 99.1 Å². The number of rotatable bonds is 13. The van der Waals surface area contributed by atoms with Gasteiger partial charge in [0.2, 0.25) is 0 Å². The zero-order chi connectivity index (χ0) is 55.6. The molecule has 3 heterocycles. The highest BCUT2D eigenvalue weighted by Crippen LogP contribution is 2.56. The first kappa shape index (κ1) is 57.1. The third-order valence-electron chi connectivity index (χ3n) is 19.3. The first-order chi connectivity index (χ1) is 38.0. The maximum absolute atomic E-state index is 15.7. The number of ketones is 1. The van der Waals surface area contributed by atoms with Gasteiger partial charge >= 0.3 is 11.9 Å². The van der Waals surface area contributed by atoms with E-state index in [1.807, 2.05) is 49.4 Å². The number of anilines is 1. The maximum Gasteiger partial charge on any atom is 0.334 e. The highest BCUT2D eigenvalue weighted by Gasteiger charge is 2.59. The molecule has 0 aromatic heterocycles. The van der Waals surface area contributed by atoms with Crippen molar-refractivity contribution in [2.24, 2.45) is 23.7 Å². The molecule has 10 rings (SSSR count). The summed E-state index contributed by atoms with van der Waals surface area (Å²) in [5.74, 6) is 3.12. The molecule has 4 aliphatic carbocycles. The zero-order valence-electron chi connectivity index (χ0n) is 46.5. The lowest BCUT2D eigenvalue weighted by atomic mass is 9.53. The number of fused-ring (bicyclic) bond motifs is 7. The van der Waals surface area contributed by atoms with Crippen LogP contribution in [-0.4, -0.2) is 111 Å². The van der Waals surface area contributed by atoms with E-state index in [1.54, 1.807) is 20.0 Å². The smallest absolute Gasteiger partial charge is 0.334 e. The molecule has 4 fully saturated rings. The number of aliphatic hydroxyl groups is 5. The Morgan fingerprint density at radius 1 is 0.861 bits per heavy atom. The van der Waals surface area contributed by atoms with Crippen molar-refractivity contribution in [1.29, 1.82) is 0 Å². The number of carbonyl (C=O) groups excluding carboxylic acids is 3. The number of hydrogen-bond acceptors (Lipinski definition) is 14. The van der Waals surface area contributed by atoms with Crippen molar-refractivity contribution in [3.63, 3.8) is 0 Å². The maximum atomic E-state index is 15.7. The van der Waals surface area contributed by atoms with Gasteiger partial charge in [0.15, 0.2) is 0 Å². The Morgan fingerprint density at radius 2 is 1.59 bits per heavy atom. The Kier molecular flexibility index (Phi) is 17.8. The van der Waals surface area contributed by atoms with Crippen molar-refractivity contribution in [2.45, 2.75) is 202 Å². The molecule has 14 heteroatoms. The number of Topliss-reactive ketones (excluding diaryl/α,β-unsaturated/α-hetero) is 1. The number of hydrogen-bond donors (Lipinski definition) is 8. The first-order valence-electron chi connectivity index (χ1n) is 29.8. The van der Waals surface area contributed by atoms with Gasteiger partial charge in [-0.25, -0.2) is 4.79 Å². The van der Waals surface area contributed by atoms with Crippen LogP contribution >= 0.6 is 0 Å². The van der Waals surface area contributed by atoms with Gasteiger partial charge < -0.3 is 55.5 Å². The molecule has 0 amide bonds. The van der Waals surface area contributed by atoms with Gasteiger partial charge in [0.1, 0.15) is 40.7 Å². The fraction of sp³-hybridized carbons (Fsp3) is 0.615. The number of ether oxygens (including phenoxy) is 3. The average Bonchev–Trinajstić information content (AvgIpc) is 3.54. The summed E-state index contributed by atoms with van der Waals surface area (Å²) in [7, 11) is 1.74. The SMILES string of the molecule is CCC1CCC2C3Cc4cccc(c4)CC(O)C=C4CC(c5cc(NCC(C)(O)C(O)COC6CCCCC6)cc(C(O)CNC)c5)C#CC5CC(=O)Oc6c5cc(c(O)c6C5CCCCC5)CC(OC4=O)C1(O)C2CCC3=O. The summed E-state index contributed by atoms with van der Waals surface area (Å²) in [6.45, 7) is 3.66. The van der Waals surface area contributed by atoms with Crippen LogP contribution in [0.5, 0.6) is 11.5 Å². The number of phenols is 1. The summed E-state index contributed by atoms with van der Waals surface area (Å²) in [6.07, 6.45) is 9.42. The molecule has 7 aliphatic rings. The van der Waals surface area contributed by atoms with Gasteiger partial charge in [-0.2, -0.15) is 0 Å². The Morgan fingerprint density at radius 3 is 2.34 bits per heavy atom. The van der Waals surface area contributed by atoms with Gasteiger partial charge in [-0.3, -0.25) is 9.59 Å². The summed E-state index contributed by atoms with van der Waals surface area (Å²) >= 11 is 0. The molecule has 4 saturated carbocycles. The third-order valence-corrected chi connectivity index (χ3v) is 19.3. The molecule has 12 unspecified atom stereocenters. The minimum atomic E-state index is -1.65. The van der Waals surface area contributed by atoms with Crippen LogP contribution in [0.1, 0.15) is 186 Å². The number of aliphatic hydroxyl groups excluding tert-OH is 3. The van der Waals surface area contributed by atoms with E-state index in [0.29, 0.717) is 64.9 Å². The second-order valence-corrected chi connectivity index (χ2v) is 24.6. The van der Waals surface area contributed by atoms with E-state index in [-0.39, 0.29) is 98.7 Å². The fourth-order valence-corrected chi connectivity index (χ4v) is 14.8. The number of nitrogens with one attached hydrogen (secondary N) is 2. The molecule has 14 nitrogen and oxygen atoms in total. The highest BCUT2D eigenvalue weighted by atomic mass is 16.6. The third kappa shape index (κ3) is 12.4. The van der Waals surface area contributed by atoms with E-state index in [9.17, 15) is 40.2 Å². The zero-order valence-corrected chi connectivity index (χ0v) is 46.5. The minimum absolute atomic E-state index is 0.0337. The van der Waals surface area contributed by atoms with Crippen molar-refractivity contribution in [2.75, 3.05) is 32.1 Å². The topological polar surface area (TPSA) is 224 Å². The summed E-state index contributed by atoms with van der Waals surface area (Å²) < 4.78 is 19.2. The first-order valence-corrected chi connectivity index (χ1v) is 29.8.